The zero-order chi connectivity index (χ0) is 19.2. The number of hydrogen-bond donors (Lipinski definition) is 0. The molecule has 0 unspecified atom stereocenters. The van der Waals surface area contributed by atoms with Crippen LogP contribution < -0.4 is 0 Å². The second-order valence-corrected chi connectivity index (χ2v) is 6.83. The summed E-state index contributed by atoms with van der Waals surface area (Å²) in [5, 5.41) is 0. The molecule has 2 aromatic rings. The normalized spacial score (nSPS) is 15.9. The van der Waals surface area contributed by atoms with Crippen LogP contribution in [0.3, 0.4) is 0 Å². The van der Waals surface area contributed by atoms with Crippen LogP contribution in [0, 0.1) is 6.92 Å². The molecule has 1 saturated heterocycles. The van der Waals surface area contributed by atoms with Gasteiger partial charge in [0.2, 0.25) is 5.76 Å². The molecule has 0 saturated carbocycles. The molecule has 1 aliphatic rings. The van der Waals surface area contributed by atoms with Gasteiger partial charge in [0.05, 0.1) is 18.8 Å². The Balaban J connectivity index is 1.59. The molecule has 0 radical (unpaired) electrons. The third-order valence-electron chi connectivity index (χ3n) is 4.92. The van der Waals surface area contributed by atoms with Crippen LogP contribution in [0.25, 0.3) is 0 Å². The van der Waals surface area contributed by atoms with E-state index in [0.29, 0.717) is 36.9 Å². The molecule has 3 rings (SSSR count). The third-order valence-corrected chi connectivity index (χ3v) is 4.92. The van der Waals surface area contributed by atoms with E-state index in [9.17, 15) is 4.79 Å². The minimum Gasteiger partial charge on any atom is -0.435 e. The van der Waals surface area contributed by atoms with E-state index >= 15 is 0 Å². The first kappa shape index (κ1) is 19.6. The van der Waals surface area contributed by atoms with Gasteiger partial charge in [0, 0.05) is 58.6 Å². The monoisotopic (exact) mass is 375 g/mol. The molecule has 1 amide bonds. The Labute approximate surface area is 160 Å². The molecule has 0 N–H and O–H groups in total. The summed E-state index contributed by atoms with van der Waals surface area (Å²) in [6, 6.07) is 0. The Morgan fingerprint density at radius 3 is 2.89 bits per heavy atom. The summed E-state index contributed by atoms with van der Waals surface area (Å²) < 4.78 is 12.9. The van der Waals surface area contributed by atoms with E-state index in [4.69, 9.17) is 9.15 Å². The van der Waals surface area contributed by atoms with Gasteiger partial charge in [-0.15, -0.1) is 0 Å². The van der Waals surface area contributed by atoms with Crippen molar-refractivity contribution in [2.75, 3.05) is 39.9 Å². The Hall–Kier alpha value is -2.19. The molecule has 0 aliphatic carbocycles. The maximum absolute atomic E-state index is 12.8. The molecular weight excluding hydrogens is 346 g/mol. The lowest BCUT2D eigenvalue weighted by molar-refractivity contribution is 0.0726. The fourth-order valence-electron chi connectivity index (χ4n) is 3.36. The predicted octanol–water partition coefficient (Wildman–Crippen LogP) is 1.74. The van der Waals surface area contributed by atoms with Gasteiger partial charge in [-0.2, -0.15) is 0 Å². The number of hydrogen-bond acceptors (Lipinski definition) is 6. The van der Waals surface area contributed by atoms with E-state index in [1.165, 1.54) is 0 Å². The standard InChI is InChI=1S/C19H29N5O3/c1-4-17-21-15(2)18(27-17)19(25)24-8-5-7-22(10-11-24)14-16-20-6-9-23(16)12-13-26-3/h6,9H,4-5,7-8,10-14H2,1-3H3. The molecule has 27 heavy (non-hydrogen) atoms. The van der Waals surface area contributed by atoms with Crippen molar-refractivity contribution >= 4 is 5.91 Å². The van der Waals surface area contributed by atoms with Crippen LogP contribution in [0.1, 0.15) is 41.3 Å². The second-order valence-electron chi connectivity index (χ2n) is 6.83. The van der Waals surface area contributed by atoms with E-state index < -0.39 is 0 Å². The van der Waals surface area contributed by atoms with E-state index in [1.807, 2.05) is 31.1 Å². The molecule has 0 aromatic carbocycles. The summed E-state index contributed by atoms with van der Waals surface area (Å²) in [7, 11) is 1.71. The molecule has 2 aromatic heterocycles. The first-order valence-corrected chi connectivity index (χ1v) is 9.59. The summed E-state index contributed by atoms with van der Waals surface area (Å²) in [6.45, 7) is 9.22. The highest BCUT2D eigenvalue weighted by Crippen LogP contribution is 2.16. The maximum atomic E-state index is 12.8. The summed E-state index contributed by atoms with van der Waals surface area (Å²) in [6.07, 6.45) is 5.44. The van der Waals surface area contributed by atoms with E-state index in [-0.39, 0.29) is 5.91 Å². The van der Waals surface area contributed by atoms with Crippen molar-refractivity contribution in [2.45, 2.75) is 39.8 Å². The van der Waals surface area contributed by atoms with Crippen LogP contribution in [0.4, 0.5) is 0 Å². The van der Waals surface area contributed by atoms with Crippen molar-refractivity contribution in [3.8, 4) is 0 Å². The van der Waals surface area contributed by atoms with Crippen molar-refractivity contribution in [3.05, 3.63) is 35.6 Å². The molecule has 0 atom stereocenters. The quantitative estimate of drug-likeness (QED) is 0.734. The molecule has 3 heterocycles. The van der Waals surface area contributed by atoms with Gasteiger partial charge in [0.1, 0.15) is 5.82 Å². The fraction of sp³-hybridized carbons (Fsp3) is 0.632. The van der Waals surface area contributed by atoms with Crippen LogP contribution >= 0.6 is 0 Å². The topological polar surface area (TPSA) is 76.6 Å². The van der Waals surface area contributed by atoms with Gasteiger partial charge < -0.3 is 18.6 Å². The number of ether oxygens (including phenoxy) is 1. The number of nitrogens with zero attached hydrogens (tertiary/aromatic N) is 5. The van der Waals surface area contributed by atoms with Gasteiger partial charge in [0.15, 0.2) is 5.89 Å². The molecule has 0 bridgehead atoms. The smallest absolute Gasteiger partial charge is 0.291 e. The molecule has 8 heteroatoms. The van der Waals surface area contributed by atoms with Gasteiger partial charge in [-0.25, -0.2) is 9.97 Å². The Kier molecular flexibility index (Phi) is 6.63. The summed E-state index contributed by atoms with van der Waals surface area (Å²) >= 11 is 0. The number of carbonyl (C=O) groups excluding carboxylic acids is 1. The van der Waals surface area contributed by atoms with Crippen LogP contribution in [-0.4, -0.2) is 70.1 Å². The lowest BCUT2D eigenvalue weighted by Crippen LogP contribution is -2.35. The lowest BCUT2D eigenvalue weighted by atomic mass is 10.3. The highest BCUT2D eigenvalue weighted by atomic mass is 16.5. The number of methoxy groups -OCH3 is 1. The van der Waals surface area contributed by atoms with Crippen LogP contribution in [0.2, 0.25) is 0 Å². The Bertz CT molecular complexity index is 754. The predicted molar refractivity (Wildman–Crippen MR) is 101 cm³/mol. The summed E-state index contributed by atoms with van der Waals surface area (Å²) in [5.74, 6) is 1.99. The van der Waals surface area contributed by atoms with Crippen molar-refractivity contribution in [2.24, 2.45) is 0 Å². The average molecular weight is 375 g/mol. The Morgan fingerprint density at radius 1 is 1.30 bits per heavy atom. The maximum Gasteiger partial charge on any atom is 0.291 e. The van der Waals surface area contributed by atoms with E-state index in [0.717, 1.165) is 45.0 Å². The molecule has 148 valence electrons. The van der Waals surface area contributed by atoms with Crippen molar-refractivity contribution < 1.29 is 13.9 Å². The number of imidazole rings is 1. The summed E-state index contributed by atoms with van der Waals surface area (Å²) in [4.78, 5) is 25.9. The van der Waals surface area contributed by atoms with Gasteiger partial charge in [-0.3, -0.25) is 9.69 Å². The van der Waals surface area contributed by atoms with Crippen molar-refractivity contribution in [1.29, 1.82) is 0 Å². The molecular formula is C19H29N5O3. The minimum absolute atomic E-state index is 0.0526. The molecule has 1 fully saturated rings. The third kappa shape index (κ3) is 4.75. The van der Waals surface area contributed by atoms with Gasteiger partial charge in [-0.1, -0.05) is 6.92 Å². The largest absolute Gasteiger partial charge is 0.435 e. The van der Waals surface area contributed by atoms with E-state index in [2.05, 4.69) is 19.4 Å². The van der Waals surface area contributed by atoms with Crippen LogP contribution in [-0.2, 0) is 24.2 Å². The molecule has 8 nitrogen and oxygen atoms in total. The zero-order valence-corrected chi connectivity index (χ0v) is 16.5. The molecule has 1 aliphatic heterocycles. The number of rotatable bonds is 7. The SMILES string of the molecule is CCc1nc(C)c(C(=O)N2CCCN(Cc3nccn3CCOC)CC2)o1. The Morgan fingerprint density at radius 2 is 2.15 bits per heavy atom. The average Bonchev–Trinajstić information content (AvgIpc) is 3.19. The van der Waals surface area contributed by atoms with Crippen LogP contribution in [0.5, 0.6) is 0 Å². The number of oxazole rings is 1. The zero-order valence-electron chi connectivity index (χ0n) is 16.5. The summed E-state index contributed by atoms with van der Waals surface area (Å²) in [5.41, 5.74) is 0.679. The first-order chi connectivity index (χ1) is 13.1. The highest BCUT2D eigenvalue weighted by Gasteiger charge is 2.25. The number of carbonyl (C=O) groups is 1. The fourth-order valence-corrected chi connectivity index (χ4v) is 3.36. The van der Waals surface area contributed by atoms with E-state index in [1.54, 1.807) is 7.11 Å². The van der Waals surface area contributed by atoms with Gasteiger partial charge in [0.25, 0.3) is 5.91 Å². The molecule has 0 spiro atoms. The first-order valence-electron chi connectivity index (χ1n) is 9.59. The highest BCUT2D eigenvalue weighted by molar-refractivity contribution is 5.92. The number of aromatic nitrogens is 3. The van der Waals surface area contributed by atoms with Crippen molar-refractivity contribution in [1.82, 2.24) is 24.3 Å². The second kappa shape index (κ2) is 9.14. The van der Waals surface area contributed by atoms with Crippen molar-refractivity contribution in [3.63, 3.8) is 0 Å². The minimum atomic E-state index is -0.0526. The van der Waals surface area contributed by atoms with Gasteiger partial charge in [-0.05, 0) is 13.3 Å². The number of amides is 1. The van der Waals surface area contributed by atoms with Crippen LogP contribution in [0.15, 0.2) is 16.8 Å². The number of aryl methyl sites for hydroxylation is 2. The van der Waals surface area contributed by atoms with Gasteiger partial charge >= 0.3 is 0 Å². The lowest BCUT2D eigenvalue weighted by Gasteiger charge is -2.21.